The maximum absolute atomic E-state index is 11.5. The van der Waals surface area contributed by atoms with Crippen LogP contribution >= 0.6 is 0 Å². The molecule has 0 saturated carbocycles. The summed E-state index contributed by atoms with van der Waals surface area (Å²) < 4.78 is 1.73. The molecule has 2 heterocycles. The van der Waals surface area contributed by atoms with E-state index in [-0.39, 0.29) is 23.1 Å². The van der Waals surface area contributed by atoms with Gasteiger partial charge in [-0.25, -0.2) is 0 Å². The average Bonchev–Trinajstić information content (AvgIpc) is 2.80. The van der Waals surface area contributed by atoms with Crippen molar-refractivity contribution in [2.45, 2.75) is 20.4 Å². The molecule has 0 saturated heterocycles. The standard InChI is InChI=1S/C14H14N6O2/c1-3-20-10-7-5-4-6-9(10)11(13(20)22)17-19-14-15-12(21)8(2)16-18-14/h4-7,22H,3H2,1-2H3,(H,15,18,21). The van der Waals surface area contributed by atoms with Gasteiger partial charge in [0.05, 0.1) is 5.52 Å². The molecule has 0 unspecified atom stereocenters. The Labute approximate surface area is 125 Å². The van der Waals surface area contributed by atoms with Crippen LogP contribution < -0.4 is 5.56 Å². The Morgan fingerprint density at radius 2 is 2.05 bits per heavy atom. The lowest BCUT2D eigenvalue weighted by atomic mass is 10.2. The highest BCUT2D eigenvalue weighted by Gasteiger charge is 2.15. The van der Waals surface area contributed by atoms with E-state index in [1.54, 1.807) is 11.5 Å². The smallest absolute Gasteiger partial charge is 0.274 e. The number of nitrogens with zero attached hydrogens (tertiary/aromatic N) is 5. The Hall–Kier alpha value is -3.03. The summed E-state index contributed by atoms with van der Waals surface area (Å²) in [6.45, 7) is 4.08. The Morgan fingerprint density at radius 3 is 2.77 bits per heavy atom. The highest BCUT2D eigenvalue weighted by Crippen LogP contribution is 2.38. The molecule has 2 aromatic heterocycles. The van der Waals surface area contributed by atoms with Crippen LogP contribution in [0.4, 0.5) is 11.6 Å². The second-order valence-corrected chi connectivity index (χ2v) is 4.70. The van der Waals surface area contributed by atoms with Gasteiger partial charge in [-0.05, 0) is 19.9 Å². The molecule has 0 atom stereocenters. The number of para-hydroxylation sites is 1. The monoisotopic (exact) mass is 298 g/mol. The maximum atomic E-state index is 11.5. The van der Waals surface area contributed by atoms with Crippen molar-refractivity contribution in [3.8, 4) is 5.88 Å². The number of hydrogen-bond donors (Lipinski definition) is 2. The molecule has 22 heavy (non-hydrogen) atoms. The van der Waals surface area contributed by atoms with Gasteiger partial charge in [-0.2, -0.15) is 0 Å². The van der Waals surface area contributed by atoms with Gasteiger partial charge in [0, 0.05) is 11.9 Å². The lowest BCUT2D eigenvalue weighted by Crippen LogP contribution is -2.12. The molecular weight excluding hydrogens is 284 g/mol. The first-order valence-electron chi connectivity index (χ1n) is 6.77. The summed E-state index contributed by atoms with van der Waals surface area (Å²) in [7, 11) is 0. The molecule has 8 heteroatoms. The van der Waals surface area contributed by atoms with Crippen molar-refractivity contribution in [1.29, 1.82) is 0 Å². The summed E-state index contributed by atoms with van der Waals surface area (Å²) in [5, 5.41) is 26.4. The van der Waals surface area contributed by atoms with Crippen molar-refractivity contribution < 1.29 is 5.11 Å². The van der Waals surface area contributed by atoms with E-state index in [0.717, 1.165) is 10.9 Å². The first kappa shape index (κ1) is 13.9. The van der Waals surface area contributed by atoms with Crippen LogP contribution in [-0.4, -0.2) is 24.9 Å². The van der Waals surface area contributed by atoms with Crippen molar-refractivity contribution in [2.75, 3.05) is 0 Å². The zero-order chi connectivity index (χ0) is 15.7. The van der Waals surface area contributed by atoms with Gasteiger partial charge in [0.2, 0.25) is 5.88 Å². The van der Waals surface area contributed by atoms with Crippen LogP contribution in [0.2, 0.25) is 0 Å². The van der Waals surface area contributed by atoms with E-state index in [1.807, 2.05) is 31.2 Å². The van der Waals surface area contributed by atoms with E-state index >= 15 is 0 Å². The van der Waals surface area contributed by atoms with Crippen LogP contribution in [-0.2, 0) is 6.54 Å². The van der Waals surface area contributed by atoms with E-state index in [1.165, 1.54) is 0 Å². The first-order valence-corrected chi connectivity index (χ1v) is 6.77. The topological polar surface area (TPSA) is 109 Å². The Bertz CT molecular complexity index is 925. The van der Waals surface area contributed by atoms with E-state index < -0.39 is 0 Å². The van der Waals surface area contributed by atoms with Crippen LogP contribution in [0.15, 0.2) is 39.3 Å². The molecule has 3 rings (SSSR count). The van der Waals surface area contributed by atoms with Gasteiger partial charge in [0.25, 0.3) is 11.5 Å². The number of hydrogen-bond acceptors (Lipinski definition) is 6. The molecule has 0 amide bonds. The van der Waals surface area contributed by atoms with E-state index in [9.17, 15) is 9.90 Å². The first-order chi connectivity index (χ1) is 10.6. The summed E-state index contributed by atoms with van der Waals surface area (Å²) in [4.78, 5) is 13.9. The van der Waals surface area contributed by atoms with E-state index in [0.29, 0.717) is 12.2 Å². The molecule has 1 aromatic carbocycles. The average molecular weight is 298 g/mol. The number of azo groups is 1. The third kappa shape index (κ3) is 2.24. The van der Waals surface area contributed by atoms with Crippen LogP contribution in [0.3, 0.4) is 0 Å². The molecule has 2 N–H and O–H groups in total. The van der Waals surface area contributed by atoms with Crippen LogP contribution in [0.5, 0.6) is 5.88 Å². The molecule has 0 aliphatic carbocycles. The van der Waals surface area contributed by atoms with Gasteiger partial charge in [-0.3, -0.25) is 9.78 Å². The third-order valence-electron chi connectivity index (χ3n) is 3.33. The maximum Gasteiger partial charge on any atom is 0.274 e. The molecule has 0 fully saturated rings. The summed E-state index contributed by atoms with van der Waals surface area (Å²) in [6, 6.07) is 7.48. The summed E-state index contributed by atoms with van der Waals surface area (Å²) in [5.74, 6) is 0.0122. The van der Waals surface area contributed by atoms with Crippen molar-refractivity contribution in [1.82, 2.24) is 19.7 Å². The fraction of sp³-hybridized carbons (Fsp3) is 0.214. The van der Waals surface area contributed by atoms with Crippen molar-refractivity contribution in [2.24, 2.45) is 10.2 Å². The van der Waals surface area contributed by atoms with Crippen LogP contribution in [0.1, 0.15) is 12.6 Å². The molecule has 0 spiro atoms. The molecule has 8 nitrogen and oxygen atoms in total. The Kier molecular flexibility index (Phi) is 3.42. The summed E-state index contributed by atoms with van der Waals surface area (Å²) in [6.07, 6.45) is 0. The van der Waals surface area contributed by atoms with Crippen LogP contribution in [0, 0.1) is 6.92 Å². The number of aromatic nitrogens is 4. The van der Waals surface area contributed by atoms with Gasteiger partial charge >= 0.3 is 0 Å². The number of aryl methyl sites for hydroxylation is 2. The van der Waals surface area contributed by atoms with Gasteiger partial charge in [0.1, 0.15) is 5.69 Å². The Morgan fingerprint density at radius 1 is 1.27 bits per heavy atom. The molecule has 0 radical (unpaired) electrons. The summed E-state index contributed by atoms with van der Waals surface area (Å²) in [5.41, 5.74) is 1.08. The zero-order valence-electron chi connectivity index (χ0n) is 12.1. The summed E-state index contributed by atoms with van der Waals surface area (Å²) >= 11 is 0. The van der Waals surface area contributed by atoms with Crippen LogP contribution in [0.25, 0.3) is 10.9 Å². The lowest BCUT2D eigenvalue weighted by molar-refractivity contribution is 0.427. The Balaban J connectivity index is 2.10. The minimum atomic E-state index is -0.371. The number of rotatable bonds is 3. The molecule has 0 aliphatic rings. The fourth-order valence-corrected chi connectivity index (χ4v) is 2.22. The number of aromatic hydroxyl groups is 1. The highest BCUT2D eigenvalue weighted by atomic mass is 16.3. The number of aromatic amines is 1. The molecule has 0 aliphatic heterocycles. The van der Waals surface area contributed by atoms with E-state index in [4.69, 9.17) is 0 Å². The fourth-order valence-electron chi connectivity index (χ4n) is 2.22. The quantitative estimate of drug-likeness (QED) is 0.724. The molecular formula is C14H14N6O2. The minimum Gasteiger partial charge on any atom is -0.493 e. The third-order valence-corrected chi connectivity index (χ3v) is 3.33. The molecule has 112 valence electrons. The zero-order valence-corrected chi connectivity index (χ0v) is 12.1. The lowest BCUT2D eigenvalue weighted by Gasteiger charge is -2.00. The number of benzene rings is 1. The largest absolute Gasteiger partial charge is 0.493 e. The number of fused-ring (bicyclic) bond motifs is 1. The van der Waals surface area contributed by atoms with E-state index in [2.05, 4.69) is 25.4 Å². The van der Waals surface area contributed by atoms with Gasteiger partial charge < -0.3 is 9.67 Å². The van der Waals surface area contributed by atoms with Crippen molar-refractivity contribution in [3.63, 3.8) is 0 Å². The van der Waals surface area contributed by atoms with Crippen molar-refractivity contribution in [3.05, 3.63) is 40.3 Å². The van der Waals surface area contributed by atoms with Gasteiger partial charge in [-0.1, -0.05) is 18.2 Å². The second kappa shape index (κ2) is 5.40. The number of nitrogens with one attached hydrogen (secondary N) is 1. The molecule has 0 bridgehead atoms. The SMILES string of the molecule is CCn1c(O)c(N=Nc2nnc(C)c(=O)[nH]2)c2ccccc21. The minimum absolute atomic E-state index is 0.0108. The second-order valence-electron chi connectivity index (χ2n) is 4.70. The normalized spacial score (nSPS) is 11.5. The molecule has 3 aromatic rings. The highest BCUT2D eigenvalue weighted by molar-refractivity contribution is 5.94. The predicted octanol–water partition coefficient (Wildman–Crippen LogP) is 2.57. The van der Waals surface area contributed by atoms with Gasteiger partial charge in [-0.15, -0.1) is 20.4 Å². The predicted molar refractivity (Wildman–Crippen MR) is 80.8 cm³/mol. The number of H-pyrrole nitrogens is 1. The van der Waals surface area contributed by atoms with Gasteiger partial charge in [0.15, 0.2) is 5.69 Å². The van der Waals surface area contributed by atoms with Crippen molar-refractivity contribution >= 4 is 22.5 Å².